The average molecular weight is 188 g/mol. The molecule has 0 saturated heterocycles. The van der Waals surface area contributed by atoms with Gasteiger partial charge in [0.25, 0.3) is 0 Å². The zero-order valence-corrected chi connectivity index (χ0v) is 8.24. The topological polar surface area (TPSA) is 34.0 Å². The molecule has 3 nitrogen and oxygen atoms in total. The molecule has 0 fully saturated rings. The number of aromatic nitrogens is 1. The van der Waals surface area contributed by atoms with Crippen molar-refractivity contribution >= 4 is 22.5 Å². The zero-order chi connectivity index (χ0) is 10.1. The molecular formula is C11H12N2O. The fraction of sp³-hybridized carbons (Fsp3) is 0.182. The largest absolute Gasteiger partial charge is 0.349 e. The van der Waals surface area contributed by atoms with Gasteiger partial charge in [0.15, 0.2) is 0 Å². The lowest BCUT2D eigenvalue weighted by Crippen LogP contribution is -2.06. The first-order valence-electron chi connectivity index (χ1n) is 4.50. The summed E-state index contributed by atoms with van der Waals surface area (Å²) in [6.45, 7) is 1.52. The van der Waals surface area contributed by atoms with Crippen molar-refractivity contribution in [2.45, 2.75) is 6.92 Å². The summed E-state index contributed by atoms with van der Waals surface area (Å²) in [5, 5.41) is 3.95. The fourth-order valence-electron chi connectivity index (χ4n) is 1.65. The summed E-state index contributed by atoms with van der Waals surface area (Å²) >= 11 is 0. The molecule has 2 aromatic rings. The standard InChI is InChI=1S/C11H12N2O/c1-8(14)12-10-5-3-4-9-6-7-13(2)11(9)10/h3-7H,1-2H3,(H,12,14). The highest BCUT2D eigenvalue weighted by Gasteiger charge is 2.04. The van der Waals surface area contributed by atoms with Crippen LogP contribution < -0.4 is 5.32 Å². The highest BCUT2D eigenvalue weighted by atomic mass is 16.1. The van der Waals surface area contributed by atoms with E-state index in [4.69, 9.17) is 0 Å². The van der Waals surface area contributed by atoms with Gasteiger partial charge < -0.3 is 9.88 Å². The van der Waals surface area contributed by atoms with Crippen molar-refractivity contribution in [3.63, 3.8) is 0 Å². The minimum Gasteiger partial charge on any atom is -0.349 e. The maximum absolute atomic E-state index is 11.0. The van der Waals surface area contributed by atoms with Crippen LogP contribution in [0.25, 0.3) is 10.9 Å². The molecule has 0 radical (unpaired) electrons. The van der Waals surface area contributed by atoms with Crippen LogP contribution in [-0.4, -0.2) is 10.5 Å². The SMILES string of the molecule is CC(=O)Nc1cccc2ccn(C)c12. The predicted molar refractivity (Wildman–Crippen MR) is 57.2 cm³/mol. The maximum Gasteiger partial charge on any atom is 0.221 e. The number of nitrogens with zero attached hydrogens (tertiary/aromatic N) is 1. The average Bonchev–Trinajstić information content (AvgIpc) is 2.48. The van der Waals surface area contributed by atoms with Gasteiger partial charge in [0.05, 0.1) is 11.2 Å². The molecule has 0 saturated carbocycles. The van der Waals surface area contributed by atoms with E-state index >= 15 is 0 Å². The summed E-state index contributed by atoms with van der Waals surface area (Å²) in [6.07, 6.45) is 1.98. The van der Waals surface area contributed by atoms with Crippen molar-refractivity contribution < 1.29 is 4.79 Å². The van der Waals surface area contributed by atoms with E-state index in [-0.39, 0.29) is 5.91 Å². The first-order valence-corrected chi connectivity index (χ1v) is 4.50. The molecule has 1 N–H and O–H groups in total. The lowest BCUT2D eigenvalue weighted by Gasteiger charge is -2.05. The second-order valence-corrected chi connectivity index (χ2v) is 3.35. The lowest BCUT2D eigenvalue weighted by molar-refractivity contribution is -0.114. The Kier molecular flexibility index (Phi) is 2.00. The van der Waals surface area contributed by atoms with Crippen LogP contribution in [-0.2, 0) is 11.8 Å². The quantitative estimate of drug-likeness (QED) is 0.730. The van der Waals surface area contributed by atoms with Crippen LogP contribution in [0.3, 0.4) is 0 Å². The van der Waals surface area contributed by atoms with Gasteiger partial charge in [-0.25, -0.2) is 0 Å². The molecule has 0 spiro atoms. The monoisotopic (exact) mass is 188 g/mol. The molecular weight excluding hydrogens is 176 g/mol. The van der Waals surface area contributed by atoms with Crippen LogP contribution in [0.1, 0.15) is 6.92 Å². The Bertz CT molecular complexity index is 485. The number of hydrogen-bond acceptors (Lipinski definition) is 1. The maximum atomic E-state index is 11.0. The Morgan fingerprint density at radius 1 is 1.36 bits per heavy atom. The summed E-state index contributed by atoms with van der Waals surface area (Å²) in [7, 11) is 1.97. The highest BCUT2D eigenvalue weighted by Crippen LogP contribution is 2.23. The first-order chi connectivity index (χ1) is 6.68. The Morgan fingerprint density at radius 3 is 2.86 bits per heavy atom. The minimum absolute atomic E-state index is 0.0429. The molecule has 0 atom stereocenters. The van der Waals surface area contributed by atoms with Crippen LogP contribution in [0.4, 0.5) is 5.69 Å². The Morgan fingerprint density at radius 2 is 2.14 bits per heavy atom. The zero-order valence-electron chi connectivity index (χ0n) is 8.24. The van der Waals surface area contributed by atoms with Crippen molar-refractivity contribution in [3.05, 3.63) is 30.5 Å². The van der Waals surface area contributed by atoms with Crippen LogP contribution >= 0.6 is 0 Å². The number of aryl methyl sites for hydroxylation is 1. The van der Waals surface area contributed by atoms with Crippen LogP contribution in [0.5, 0.6) is 0 Å². The van der Waals surface area contributed by atoms with Crippen LogP contribution in [0.2, 0.25) is 0 Å². The lowest BCUT2D eigenvalue weighted by atomic mass is 10.2. The number of para-hydroxylation sites is 1. The molecule has 3 heteroatoms. The van der Waals surface area contributed by atoms with Gasteiger partial charge >= 0.3 is 0 Å². The van der Waals surface area contributed by atoms with Crippen molar-refractivity contribution in [2.75, 3.05) is 5.32 Å². The van der Waals surface area contributed by atoms with Gasteiger partial charge in [-0.3, -0.25) is 4.79 Å². The second kappa shape index (κ2) is 3.18. The third-order valence-electron chi connectivity index (χ3n) is 2.21. The van der Waals surface area contributed by atoms with Gasteiger partial charge in [-0.05, 0) is 12.1 Å². The Labute approximate surface area is 82.3 Å². The van der Waals surface area contributed by atoms with Crippen molar-refractivity contribution in [3.8, 4) is 0 Å². The van der Waals surface area contributed by atoms with Crippen LogP contribution in [0, 0.1) is 0 Å². The molecule has 1 amide bonds. The van der Waals surface area contributed by atoms with Gasteiger partial charge in [-0.2, -0.15) is 0 Å². The summed E-state index contributed by atoms with van der Waals surface area (Å²) in [6, 6.07) is 7.90. The van der Waals surface area contributed by atoms with E-state index in [1.807, 2.05) is 42.1 Å². The molecule has 0 aliphatic heterocycles. The molecule has 2 rings (SSSR count). The second-order valence-electron chi connectivity index (χ2n) is 3.35. The number of amides is 1. The number of fused-ring (bicyclic) bond motifs is 1. The fourth-order valence-corrected chi connectivity index (χ4v) is 1.65. The molecule has 0 aliphatic carbocycles. The third-order valence-corrected chi connectivity index (χ3v) is 2.21. The Balaban J connectivity index is 2.63. The highest BCUT2D eigenvalue weighted by molar-refractivity contribution is 5.99. The van der Waals surface area contributed by atoms with Gasteiger partial charge in [-0.15, -0.1) is 0 Å². The molecule has 1 aromatic heterocycles. The first kappa shape index (κ1) is 8.81. The van der Waals surface area contributed by atoms with Crippen LogP contribution in [0.15, 0.2) is 30.5 Å². The van der Waals surface area contributed by atoms with E-state index in [2.05, 4.69) is 5.32 Å². The smallest absolute Gasteiger partial charge is 0.221 e. The van der Waals surface area contributed by atoms with E-state index < -0.39 is 0 Å². The molecule has 72 valence electrons. The summed E-state index contributed by atoms with van der Waals surface area (Å²) in [5.41, 5.74) is 1.92. The molecule has 1 heterocycles. The predicted octanol–water partition coefficient (Wildman–Crippen LogP) is 2.14. The summed E-state index contributed by atoms with van der Waals surface area (Å²) in [5.74, 6) is -0.0429. The number of anilines is 1. The number of carbonyl (C=O) groups excluding carboxylic acids is 1. The molecule has 0 bridgehead atoms. The van der Waals surface area contributed by atoms with Gasteiger partial charge in [-0.1, -0.05) is 12.1 Å². The van der Waals surface area contributed by atoms with E-state index in [0.29, 0.717) is 0 Å². The van der Waals surface area contributed by atoms with E-state index in [0.717, 1.165) is 16.6 Å². The number of carbonyl (C=O) groups is 1. The molecule has 0 unspecified atom stereocenters. The van der Waals surface area contributed by atoms with E-state index in [1.54, 1.807) is 0 Å². The number of benzene rings is 1. The number of rotatable bonds is 1. The Hall–Kier alpha value is -1.77. The van der Waals surface area contributed by atoms with Crippen molar-refractivity contribution in [1.82, 2.24) is 4.57 Å². The van der Waals surface area contributed by atoms with Gasteiger partial charge in [0.1, 0.15) is 0 Å². The molecule has 14 heavy (non-hydrogen) atoms. The van der Waals surface area contributed by atoms with E-state index in [1.165, 1.54) is 6.92 Å². The van der Waals surface area contributed by atoms with Crippen molar-refractivity contribution in [1.29, 1.82) is 0 Å². The van der Waals surface area contributed by atoms with Crippen molar-refractivity contribution in [2.24, 2.45) is 7.05 Å². The summed E-state index contributed by atoms with van der Waals surface area (Å²) < 4.78 is 2.00. The minimum atomic E-state index is -0.0429. The molecule has 1 aromatic carbocycles. The normalized spacial score (nSPS) is 10.4. The third kappa shape index (κ3) is 1.37. The van der Waals surface area contributed by atoms with Gasteiger partial charge in [0.2, 0.25) is 5.91 Å². The number of hydrogen-bond donors (Lipinski definition) is 1. The van der Waals surface area contributed by atoms with E-state index in [9.17, 15) is 4.79 Å². The van der Waals surface area contributed by atoms with Gasteiger partial charge in [0, 0.05) is 25.6 Å². The summed E-state index contributed by atoms with van der Waals surface area (Å²) in [4.78, 5) is 11.0. The number of nitrogens with one attached hydrogen (secondary N) is 1. The molecule has 0 aliphatic rings.